The van der Waals surface area contributed by atoms with Gasteiger partial charge in [0.2, 0.25) is 0 Å². The topological polar surface area (TPSA) is 24.9 Å². The van der Waals surface area contributed by atoms with E-state index in [2.05, 4.69) is 10.3 Å². The molecule has 0 saturated heterocycles. The van der Waals surface area contributed by atoms with Gasteiger partial charge in [-0.1, -0.05) is 0 Å². The lowest BCUT2D eigenvalue weighted by atomic mass is 10.1. The molecule has 2 rings (SSSR count). The molecule has 0 aliphatic carbocycles. The molecule has 1 heterocycles. The van der Waals surface area contributed by atoms with Crippen molar-refractivity contribution < 1.29 is 4.39 Å². The van der Waals surface area contributed by atoms with E-state index in [1.165, 1.54) is 6.07 Å². The SMILES string of the molecule is CCNc1cc(C)nc2c(F)cc(C)cc12. The summed E-state index contributed by atoms with van der Waals surface area (Å²) in [6.45, 7) is 6.60. The van der Waals surface area contributed by atoms with Crippen molar-refractivity contribution in [1.82, 2.24) is 4.98 Å². The van der Waals surface area contributed by atoms with Crippen molar-refractivity contribution in [2.45, 2.75) is 20.8 Å². The fourth-order valence-electron chi connectivity index (χ4n) is 1.89. The number of hydrogen-bond acceptors (Lipinski definition) is 2. The maximum atomic E-state index is 13.8. The van der Waals surface area contributed by atoms with Gasteiger partial charge in [-0.2, -0.15) is 0 Å². The molecule has 0 aliphatic rings. The van der Waals surface area contributed by atoms with Gasteiger partial charge in [0.15, 0.2) is 0 Å². The van der Waals surface area contributed by atoms with Gasteiger partial charge in [0.1, 0.15) is 11.3 Å². The third-order valence-electron chi connectivity index (χ3n) is 2.51. The zero-order valence-electron chi connectivity index (χ0n) is 9.76. The summed E-state index contributed by atoms with van der Waals surface area (Å²) >= 11 is 0. The first kappa shape index (κ1) is 10.9. The first-order valence-corrected chi connectivity index (χ1v) is 5.43. The number of aromatic nitrogens is 1. The Morgan fingerprint density at radius 1 is 1.25 bits per heavy atom. The summed E-state index contributed by atoms with van der Waals surface area (Å²) in [5, 5.41) is 4.09. The summed E-state index contributed by atoms with van der Waals surface area (Å²) in [6.07, 6.45) is 0. The second-order valence-corrected chi connectivity index (χ2v) is 3.98. The first-order valence-electron chi connectivity index (χ1n) is 5.43. The highest BCUT2D eigenvalue weighted by Crippen LogP contribution is 2.26. The van der Waals surface area contributed by atoms with E-state index in [0.29, 0.717) is 5.52 Å². The van der Waals surface area contributed by atoms with Crippen LogP contribution in [0.4, 0.5) is 10.1 Å². The van der Waals surface area contributed by atoms with Gasteiger partial charge in [-0.25, -0.2) is 9.37 Å². The number of rotatable bonds is 2. The summed E-state index contributed by atoms with van der Waals surface area (Å²) in [6, 6.07) is 5.43. The highest BCUT2D eigenvalue weighted by Gasteiger charge is 2.08. The predicted molar refractivity (Wildman–Crippen MR) is 65.3 cm³/mol. The van der Waals surface area contributed by atoms with Crippen LogP contribution in [0.1, 0.15) is 18.2 Å². The minimum atomic E-state index is -0.252. The molecule has 1 N–H and O–H groups in total. The average molecular weight is 218 g/mol. The summed E-state index contributed by atoms with van der Waals surface area (Å²) in [5.41, 5.74) is 3.13. The number of fused-ring (bicyclic) bond motifs is 1. The van der Waals surface area contributed by atoms with Gasteiger partial charge in [-0.05, 0) is 44.5 Å². The summed E-state index contributed by atoms with van der Waals surface area (Å²) in [5.74, 6) is -0.252. The molecule has 84 valence electrons. The zero-order valence-corrected chi connectivity index (χ0v) is 9.76. The van der Waals surface area contributed by atoms with Crippen LogP contribution in [0.5, 0.6) is 0 Å². The quantitative estimate of drug-likeness (QED) is 0.835. The van der Waals surface area contributed by atoms with Crippen LogP contribution >= 0.6 is 0 Å². The largest absolute Gasteiger partial charge is 0.385 e. The molecular weight excluding hydrogens is 203 g/mol. The van der Waals surface area contributed by atoms with Crippen molar-refractivity contribution in [3.63, 3.8) is 0 Å². The molecule has 0 amide bonds. The maximum absolute atomic E-state index is 13.8. The number of halogens is 1. The van der Waals surface area contributed by atoms with Crippen LogP contribution in [0.3, 0.4) is 0 Å². The Hall–Kier alpha value is -1.64. The van der Waals surface area contributed by atoms with Crippen molar-refractivity contribution >= 4 is 16.6 Å². The van der Waals surface area contributed by atoms with Crippen LogP contribution in [0.25, 0.3) is 10.9 Å². The second-order valence-electron chi connectivity index (χ2n) is 3.98. The van der Waals surface area contributed by atoms with E-state index in [0.717, 1.165) is 28.9 Å². The van der Waals surface area contributed by atoms with E-state index < -0.39 is 0 Å². The molecular formula is C13H15FN2. The number of nitrogens with zero attached hydrogens (tertiary/aromatic N) is 1. The standard InChI is InChI=1S/C13H15FN2/c1-4-15-12-7-9(3)16-13-10(12)5-8(2)6-11(13)14/h5-7H,4H2,1-3H3,(H,15,16). The molecule has 2 aromatic rings. The lowest BCUT2D eigenvalue weighted by molar-refractivity contribution is 0.635. The molecule has 0 saturated carbocycles. The Balaban J connectivity index is 2.78. The lowest BCUT2D eigenvalue weighted by Crippen LogP contribution is -2.00. The van der Waals surface area contributed by atoms with Crippen LogP contribution in [0.15, 0.2) is 18.2 Å². The number of hydrogen-bond donors (Lipinski definition) is 1. The van der Waals surface area contributed by atoms with E-state index in [4.69, 9.17) is 0 Å². The van der Waals surface area contributed by atoms with Crippen molar-refractivity contribution in [1.29, 1.82) is 0 Å². The van der Waals surface area contributed by atoms with Crippen LogP contribution in [-0.4, -0.2) is 11.5 Å². The molecule has 0 radical (unpaired) electrons. The number of aryl methyl sites for hydroxylation is 2. The van der Waals surface area contributed by atoms with E-state index in [9.17, 15) is 4.39 Å². The highest BCUT2D eigenvalue weighted by molar-refractivity contribution is 5.92. The van der Waals surface area contributed by atoms with Gasteiger partial charge in [0, 0.05) is 23.3 Å². The molecule has 1 aromatic carbocycles. The van der Waals surface area contributed by atoms with Crippen molar-refractivity contribution in [2.24, 2.45) is 0 Å². The molecule has 0 spiro atoms. The maximum Gasteiger partial charge on any atom is 0.149 e. The third-order valence-corrected chi connectivity index (χ3v) is 2.51. The Morgan fingerprint density at radius 2 is 2.00 bits per heavy atom. The summed E-state index contributed by atoms with van der Waals surface area (Å²) in [4.78, 5) is 4.24. The molecule has 1 aromatic heterocycles. The normalized spacial score (nSPS) is 10.8. The zero-order chi connectivity index (χ0) is 11.7. The van der Waals surface area contributed by atoms with Gasteiger partial charge < -0.3 is 5.32 Å². The van der Waals surface area contributed by atoms with E-state index in [1.807, 2.05) is 32.9 Å². The van der Waals surface area contributed by atoms with Crippen molar-refractivity contribution in [3.05, 3.63) is 35.3 Å². The third kappa shape index (κ3) is 1.85. The number of benzene rings is 1. The van der Waals surface area contributed by atoms with Crippen LogP contribution in [0.2, 0.25) is 0 Å². The fourth-order valence-corrected chi connectivity index (χ4v) is 1.89. The predicted octanol–water partition coefficient (Wildman–Crippen LogP) is 3.42. The summed E-state index contributed by atoms with van der Waals surface area (Å²) in [7, 11) is 0. The molecule has 0 aliphatic heterocycles. The van der Waals surface area contributed by atoms with Crippen LogP contribution in [0, 0.1) is 19.7 Å². The van der Waals surface area contributed by atoms with Gasteiger partial charge in [0.05, 0.1) is 0 Å². The first-order chi connectivity index (χ1) is 7.61. The van der Waals surface area contributed by atoms with E-state index in [-0.39, 0.29) is 5.82 Å². The number of pyridine rings is 1. The van der Waals surface area contributed by atoms with Crippen LogP contribution < -0.4 is 5.32 Å². The Labute approximate surface area is 94.5 Å². The van der Waals surface area contributed by atoms with Gasteiger partial charge in [-0.3, -0.25) is 0 Å². The molecule has 0 fully saturated rings. The number of anilines is 1. The molecule has 0 unspecified atom stereocenters. The number of nitrogens with one attached hydrogen (secondary N) is 1. The van der Waals surface area contributed by atoms with Crippen molar-refractivity contribution in [2.75, 3.05) is 11.9 Å². The molecule has 2 nitrogen and oxygen atoms in total. The average Bonchev–Trinajstić information content (AvgIpc) is 2.20. The lowest BCUT2D eigenvalue weighted by Gasteiger charge is -2.10. The fraction of sp³-hybridized carbons (Fsp3) is 0.308. The minimum absolute atomic E-state index is 0.252. The van der Waals surface area contributed by atoms with Gasteiger partial charge in [-0.15, -0.1) is 0 Å². The molecule has 0 atom stereocenters. The smallest absolute Gasteiger partial charge is 0.149 e. The molecule has 16 heavy (non-hydrogen) atoms. The molecule has 3 heteroatoms. The van der Waals surface area contributed by atoms with Gasteiger partial charge >= 0.3 is 0 Å². The minimum Gasteiger partial charge on any atom is -0.385 e. The van der Waals surface area contributed by atoms with E-state index >= 15 is 0 Å². The summed E-state index contributed by atoms with van der Waals surface area (Å²) < 4.78 is 13.8. The Kier molecular flexibility index (Phi) is 2.77. The van der Waals surface area contributed by atoms with Crippen LogP contribution in [-0.2, 0) is 0 Å². The Bertz CT molecular complexity index is 535. The second kappa shape index (κ2) is 4.08. The Morgan fingerprint density at radius 3 is 2.69 bits per heavy atom. The monoisotopic (exact) mass is 218 g/mol. The highest BCUT2D eigenvalue weighted by atomic mass is 19.1. The van der Waals surface area contributed by atoms with Crippen molar-refractivity contribution in [3.8, 4) is 0 Å². The van der Waals surface area contributed by atoms with E-state index in [1.54, 1.807) is 0 Å². The molecule has 0 bridgehead atoms. The van der Waals surface area contributed by atoms with Gasteiger partial charge in [0.25, 0.3) is 0 Å².